The number of fused-ring (bicyclic) bond motifs is 1. The third-order valence-corrected chi connectivity index (χ3v) is 3.65. The Labute approximate surface area is 129 Å². The molecule has 0 fully saturated rings. The molecule has 2 aromatic rings. The van der Waals surface area contributed by atoms with Gasteiger partial charge in [-0.15, -0.1) is 0 Å². The molecule has 2 aromatic carbocycles. The summed E-state index contributed by atoms with van der Waals surface area (Å²) in [6.07, 6.45) is 0.629. The Morgan fingerprint density at radius 1 is 1.14 bits per heavy atom. The van der Waals surface area contributed by atoms with Crippen molar-refractivity contribution < 1.29 is 14.2 Å². The largest absolute Gasteiger partial charge is 0.494 e. The average Bonchev–Trinajstić information content (AvgIpc) is 3.01. The van der Waals surface area contributed by atoms with Gasteiger partial charge in [-0.1, -0.05) is 23.8 Å². The third kappa shape index (κ3) is 3.15. The Morgan fingerprint density at radius 3 is 2.68 bits per heavy atom. The summed E-state index contributed by atoms with van der Waals surface area (Å²) >= 11 is 0. The van der Waals surface area contributed by atoms with Gasteiger partial charge in [0.15, 0.2) is 11.5 Å². The molecule has 22 heavy (non-hydrogen) atoms. The second-order valence-corrected chi connectivity index (χ2v) is 5.24. The molecule has 1 aliphatic heterocycles. The molecule has 0 bridgehead atoms. The number of hydrogen-bond acceptors (Lipinski definition) is 4. The van der Waals surface area contributed by atoms with Gasteiger partial charge >= 0.3 is 0 Å². The van der Waals surface area contributed by atoms with Crippen molar-refractivity contribution >= 4 is 0 Å². The summed E-state index contributed by atoms with van der Waals surface area (Å²) < 4.78 is 16.3. The van der Waals surface area contributed by atoms with Crippen LogP contribution < -0.4 is 14.2 Å². The lowest BCUT2D eigenvalue weighted by atomic mass is 9.97. The van der Waals surface area contributed by atoms with Gasteiger partial charge in [-0.05, 0) is 36.8 Å². The van der Waals surface area contributed by atoms with Crippen LogP contribution in [0.1, 0.15) is 23.5 Å². The number of aryl methyl sites for hydroxylation is 1. The van der Waals surface area contributed by atoms with E-state index < -0.39 is 0 Å². The molecule has 0 saturated carbocycles. The van der Waals surface area contributed by atoms with Crippen molar-refractivity contribution in [1.29, 1.82) is 5.26 Å². The number of ether oxygens (including phenoxy) is 3. The Balaban J connectivity index is 1.60. The molecule has 1 unspecified atom stereocenters. The van der Waals surface area contributed by atoms with Crippen molar-refractivity contribution in [2.45, 2.75) is 19.3 Å². The summed E-state index contributed by atoms with van der Waals surface area (Å²) in [5.74, 6) is 2.04. The first-order chi connectivity index (χ1) is 10.8. The summed E-state index contributed by atoms with van der Waals surface area (Å²) in [5.41, 5.74) is 2.13. The first kappa shape index (κ1) is 14.3. The van der Waals surface area contributed by atoms with Crippen molar-refractivity contribution in [3.05, 3.63) is 53.6 Å². The topological polar surface area (TPSA) is 51.5 Å². The van der Waals surface area contributed by atoms with E-state index in [1.54, 1.807) is 0 Å². The molecule has 0 aliphatic carbocycles. The van der Waals surface area contributed by atoms with Crippen LogP contribution in [0.25, 0.3) is 0 Å². The molecule has 1 atom stereocenters. The molecule has 4 heteroatoms. The van der Waals surface area contributed by atoms with E-state index >= 15 is 0 Å². The molecule has 0 radical (unpaired) electrons. The SMILES string of the molecule is Cc1ccc(OCCC(C#N)c2ccc3c(c2)OCO3)cc1. The second kappa shape index (κ2) is 6.40. The molecule has 3 rings (SSSR count). The fourth-order valence-corrected chi connectivity index (χ4v) is 2.36. The van der Waals surface area contributed by atoms with Gasteiger partial charge in [0.1, 0.15) is 5.75 Å². The Kier molecular flexibility index (Phi) is 4.15. The van der Waals surface area contributed by atoms with E-state index in [-0.39, 0.29) is 12.7 Å². The van der Waals surface area contributed by atoms with Gasteiger partial charge in [-0.2, -0.15) is 5.26 Å². The van der Waals surface area contributed by atoms with E-state index in [0.29, 0.717) is 18.8 Å². The van der Waals surface area contributed by atoms with Crippen molar-refractivity contribution in [3.63, 3.8) is 0 Å². The third-order valence-electron chi connectivity index (χ3n) is 3.65. The maximum Gasteiger partial charge on any atom is 0.231 e. The molecule has 0 saturated heterocycles. The van der Waals surface area contributed by atoms with E-state index in [9.17, 15) is 5.26 Å². The molecule has 1 aliphatic rings. The number of benzene rings is 2. The van der Waals surface area contributed by atoms with Crippen molar-refractivity contribution in [3.8, 4) is 23.3 Å². The molecule has 0 N–H and O–H groups in total. The van der Waals surface area contributed by atoms with Crippen LogP contribution in [-0.2, 0) is 0 Å². The minimum atomic E-state index is -0.222. The lowest BCUT2D eigenvalue weighted by Crippen LogP contribution is -2.04. The highest BCUT2D eigenvalue weighted by Crippen LogP contribution is 2.35. The zero-order valence-corrected chi connectivity index (χ0v) is 12.4. The summed E-state index contributed by atoms with van der Waals surface area (Å²) in [5, 5.41) is 9.38. The molecule has 112 valence electrons. The Bertz CT molecular complexity index is 688. The summed E-state index contributed by atoms with van der Waals surface area (Å²) in [6, 6.07) is 15.9. The van der Waals surface area contributed by atoms with Gasteiger partial charge in [-0.3, -0.25) is 0 Å². The minimum Gasteiger partial charge on any atom is -0.494 e. The quantitative estimate of drug-likeness (QED) is 0.842. The number of nitrogens with zero attached hydrogens (tertiary/aromatic N) is 1. The van der Waals surface area contributed by atoms with Crippen molar-refractivity contribution in [2.75, 3.05) is 13.4 Å². The van der Waals surface area contributed by atoms with Crippen molar-refractivity contribution in [2.24, 2.45) is 0 Å². The number of hydrogen-bond donors (Lipinski definition) is 0. The van der Waals surface area contributed by atoms with Crippen LogP contribution in [0.5, 0.6) is 17.2 Å². The summed E-state index contributed by atoms with van der Waals surface area (Å²) in [6.45, 7) is 2.78. The van der Waals surface area contributed by atoms with Crippen LogP contribution in [0.4, 0.5) is 0 Å². The molecule has 4 nitrogen and oxygen atoms in total. The molecule has 0 spiro atoms. The highest BCUT2D eigenvalue weighted by Gasteiger charge is 2.17. The number of nitriles is 1. The lowest BCUT2D eigenvalue weighted by Gasteiger charge is -2.11. The fraction of sp³-hybridized carbons (Fsp3) is 0.278. The van der Waals surface area contributed by atoms with E-state index in [1.807, 2.05) is 49.4 Å². The van der Waals surface area contributed by atoms with E-state index in [2.05, 4.69) is 6.07 Å². The average molecular weight is 295 g/mol. The van der Waals surface area contributed by atoms with Crippen LogP contribution in [0, 0.1) is 18.3 Å². The molecule has 1 heterocycles. The standard InChI is InChI=1S/C18H17NO3/c1-13-2-5-16(6-3-13)20-9-8-15(11-19)14-4-7-17-18(10-14)22-12-21-17/h2-7,10,15H,8-9,12H2,1H3. The first-order valence-electron chi connectivity index (χ1n) is 7.25. The monoisotopic (exact) mass is 295 g/mol. The van der Waals surface area contributed by atoms with E-state index in [1.165, 1.54) is 5.56 Å². The van der Waals surface area contributed by atoms with Gasteiger partial charge < -0.3 is 14.2 Å². The second-order valence-electron chi connectivity index (χ2n) is 5.24. The van der Waals surface area contributed by atoms with E-state index in [4.69, 9.17) is 14.2 Å². The highest BCUT2D eigenvalue weighted by atomic mass is 16.7. The molecule has 0 amide bonds. The van der Waals surface area contributed by atoms with Gasteiger partial charge in [0.2, 0.25) is 6.79 Å². The predicted molar refractivity (Wildman–Crippen MR) is 82.2 cm³/mol. The maximum atomic E-state index is 9.38. The first-order valence-corrected chi connectivity index (χ1v) is 7.25. The predicted octanol–water partition coefficient (Wildman–Crippen LogP) is 3.80. The smallest absolute Gasteiger partial charge is 0.231 e. The highest BCUT2D eigenvalue weighted by molar-refractivity contribution is 5.46. The van der Waals surface area contributed by atoms with Gasteiger partial charge in [0, 0.05) is 6.42 Å². The summed E-state index contributed by atoms with van der Waals surface area (Å²) in [4.78, 5) is 0. The van der Waals surface area contributed by atoms with Crippen LogP contribution in [0.15, 0.2) is 42.5 Å². The fourth-order valence-electron chi connectivity index (χ4n) is 2.36. The van der Waals surface area contributed by atoms with E-state index in [0.717, 1.165) is 17.1 Å². The maximum absolute atomic E-state index is 9.38. The molecular weight excluding hydrogens is 278 g/mol. The molecular formula is C18H17NO3. The van der Waals surface area contributed by atoms with Gasteiger partial charge in [0.05, 0.1) is 18.6 Å². The van der Waals surface area contributed by atoms with Crippen LogP contribution in [0.3, 0.4) is 0 Å². The summed E-state index contributed by atoms with van der Waals surface area (Å²) in [7, 11) is 0. The lowest BCUT2D eigenvalue weighted by molar-refractivity contribution is 0.174. The normalized spacial score (nSPS) is 13.5. The van der Waals surface area contributed by atoms with Crippen LogP contribution >= 0.6 is 0 Å². The number of rotatable bonds is 5. The zero-order valence-electron chi connectivity index (χ0n) is 12.4. The minimum absolute atomic E-state index is 0.222. The van der Waals surface area contributed by atoms with Crippen LogP contribution in [0.2, 0.25) is 0 Å². The molecule has 0 aromatic heterocycles. The Morgan fingerprint density at radius 2 is 1.91 bits per heavy atom. The Hall–Kier alpha value is -2.67. The zero-order chi connectivity index (χ0) is 15.4. The van der Waals surface area contributed by atoms with Gasteiger partial charge in [0.25, 0.3) is 0 Å². The van der Waals surface area contributed by atoms with Crippen LogP contribution in [-0.4, -0.2) is 13.4 Å². The van der Waals surface area contributed by atoms with Crippen molar-refractivity contribution in [1.82, 2.24) is 0 Å². The van der Waals surface area contributed by atoms with Gasteiger partial charge in [-0.25, -0.2) is 0 Å².